The largest absolute Gasteiger partial charge is 0.352 e. The van der Waals surface area contributed by atoms with Crippen molar-refractivity contribution < 1.29 is 9.18 Å². The minimum atomic E-state index is -0.268. The van der Waals surface area contributed by atoms with Gasteiger partial charge in [0.15, 0.2) is 0 Å². The van der Waals surface area contributed by atoms with E-state index >= 15 is 0 Å². The maximum absolute atomic E-state index is 12.9. The van der Waals surface area contributed by atoms with Gasteiger partial charge in [-0.2, -0.15) is 0 Å². The molecule has 1 amide bonds. The van der Waals surface area contributed by atoms with Crippen molar-refractivity contribution in [3.63, 3.8) is 0 Å². The van der Waals surface area contributed by atoms with Crippen molar-refractivity contribution in [2.45, 2.75) is 19.4 Å². The van der Waals surface area contributed by atoms with Crippen LogP contribution in [-0.4, -0.2) is 19.0 Å². The number of nitrogens with one attached hydrogen (secondary N) is 2. The summed E-state index contributed by atoms with van der Waals surface area (Å²) in [5.74, 6) is -0.158. The summed E-state index contributed by atoms with van der Waals surface area (Å²) < 4.78 is 12.9. The Morgan fingerprint density at radius 3 is 3.00 bits per heavy atom. The summed E-state index contributed by atoms with van der Waals surface area (Å²) in [4.78, 5) is 11.8. The molecule has 1 heterocycles. The maximum atomic E-state index is 12.9. The standard InChI is InChI=1S/C13H17FN2O.ClH/c14-12-5-1-3-10(7-12)8-16-13(17)11-4-2-6-15-9-11;/h1,3,5,7,11,15H,2,4,6,8-9H2,(H,16,17);1H/t11-;/m1./s1. The SMILES string of the molecule is Cl.O=C(NCc1cccc(F)c1)[C@@H]1CCCNC1. The van der Waals surface area contributed by atoms with Crippen molar-refractivity contribution in [1.82, 2.24) is 10.6 Å². The van der Waals surface area contributed by atoms with Gasteiger partial charge in [-0.05, 0) is 37.1 Å². The number of halogens is 2. The molecule has 0 radical (unpaired) electrons. The maximum Gasteiger partial charge on any atom is 0.224 e. The number of carbonyl (C=O) groups is 1. The van der Waals surface area contributed by atoms with E-state index in [1.54, 1.807) is 6.07 Å². The van der Waals surface area contributed by atoms with Crippen molar-refractivity contribution in [2.75, 3.05) is 13.1 Å². The summed E-state index contributed by atoms with van der Waals surface area (Å²) in [5.41, 5.74) is 0.794. The number of rotatable bonds is 3. The minimum Gasteiger partial charge on any atom is -0.352 e. The van der Waals surface area contributed by atoms with E-state index in [1.165, 1.54) is 12.1 Å². The summed E-state index contributed by atoms with van der Waals surface area (Å²) in [5, 5.41) is 6.05. The van der Waals surface area contributed by atoms with Gasteiger partial charge >= 0.3 is 0 Å². The molecule has 0 aliphatic carbocycles. The summed E-state index contributed by atoms with van der Waals surface area (Å²) >= 11 is 0. The van der Waals surface area contributed by atoms with Gasteiger partial charge < -0.3 is 10.6 Å². The highest BCUT2D eigenvalue weighted by atomic mass is 35.5. The molecule has 1 aromatic rings. The molecule has 0 bridgehead atoms. The fraction of sp³-hybridized carbons (Fsp3) is 0.462. The second-order valence-corrected chi connectivity index (χ2v) is 4.39. The summed E-state index contributed by atoms with van der Waals surface area (Å²) in [6, 6.07) is 6.30. The van der Waals surface area contributed by atoms with Gasteiger partial charge in [-0.1, -0.05) is 12.1 Å². The van der Waals surface area contributed by atoms with Crippen molar-refractivity contribution in [3.05, 3.63) is 35.6 Å². The molecule has 0 aromatic heterocycles. The third kappa shape index (κ3) is 4.27. The third-order valence-electron chi connectivity index (χ3n) is 3.02. The molecule has 1 atom stereocenters. The van der Waals surface area contributed by atoms with E-state index in [0.29, 0.717) is 6.54 Å². The van der Waals surface area contributed by atoms with Crippen LogP contribution < -0.4 is 10.6 Å². The first-order valence-corrected chi connectivity index (χ1v) is 5.98. The van der Waals surface area contributed by atoms with E-state index in [4.69, 9.17) is 0 Å². The van der Waals surface area contributed by atoms with Crippen LogP contribution in [0, 0.1) is 11.7 Å². The van der Waals surface area contributed by atoms with Crippen molar-refractivity contribution in [1.29, 1.82) is 0 Å². The Bertz CT molecular complexity index is 394. The normalized spacial score (nSPS) is 18.8. The molecule has 3 nitrogen and oxygen atoms in total. The number of amides is 1. The van der Waals surface area contributed by atoms with E-state index < -0.39 is 0 Å². The molecule has 1 saturated heterocycles. The Morgan fingerprint density at radius 1 is 1.50 bits per heavy atom. The lowest BCUT2D eigenvalue weighted by Gasteiger charge is -2.21. The van der Waals surface area contributed by atoms with Crippen molar-refractivity contribution >= 4 is 18.3 Å². The number of hydrogen-bond donors (Lipinski definition) is 2. The number of benzene rings is 1. The molecular formula is C13H18ClFN2O. The van der Waals surface area contributed by atoms with Crippen LogP contribution in [-0.2, 0) is 11.3 Å². The monoisotopic (exact) mass is 272 g/mol. The summed E-state index contributed by atoms with van der Waals surface area (Å²) in [6.07, 6.45) is 1.97. The second kappa shape index (κ2) is 7.34. The minimum absolute atomic E-state index is 0. The van der Waals surface area contributed by atoms with Gasteiger partial charge in [0, 0.05) is 13.1 Å². The van der Waals surface area contributed by atoms with Gasteiger partial charge in [0.05, 0.1) is 5.92 Å². The zero-order valence-corrected chi connectivity index (χ0v) is 10.9. The lowest BCUT2D eigenvalue weighted by Crippen LogP contribution is -2.40. The number of piperidine rings is 1. The first kappa shape index (κ1) is 14.9. The number of carbonyl (C=O) groups excluding carboxylic acids is 1. The summed E-state index contributed by atoms with van der Waals surface area (Å²) in [6.45, 7) is 2.13. The molecule has 18 heavy (non-hydrogen) atoms. The van der Waals surface area contributed by atoms with Gasteiger partial charge in [0.1, 0.15) is 5.82 Å². The molecule has 0 saturated carbocycles. The van der Waals surface area contributed by atoms with Gasteiger partial charge in [0.25, 0.3) is 0 Å². The lowest BCUT2D eigenvalue weighted by molar-refractivity contribution is -0.125. The van der Waals surface area contributed by atoms with Gasteiger partial charge in [0.2, 0.25) is 5.91 Å². The molecule has 0 unspecified atom stereocenters. The summed E-state index contributed by atoms with van der Waals surface area (Å²) in [7, 11) is 0. The predicted octanol–water partition coefficient (Wildman–Crippen LogP) is 1.86. The van der Waals surface area contributed by atoms with Gasteiger partial charge in [-0.15, -0.1) is 12.4 Å². The van der Waals surface area contributed by atoms with Crippen molar-refractivity contribution in [3.8, 4) is 0 Å². The fourth-order valence-corrected chi connectivity index (χ4v) is 2.06. The average molecular weight is 273 g/mol. The topological polar surface area (TPSA) is 41.1 Å². The second-order valence-electron chi connectivity index (χ2n) is 4.39. The first-order chi connectivity index (χ1) is 8.25. The molecule has 0 spiro atoms. The molecule has 1 aromatic carbocycles. The fourth-order valence-electron chi connectivity index (χ4n) is 2.06. The quantitative estimate of drug-likeness (QED) is 0.882. The Balaban J connectivity index is 0.00000162. The zero-order chi connectivity index (χ0) is 12.1. The zero-order valence-electron chi connectivity index (χ0n) is 10.1. The van der Waals surface area contributed by atoms with Crippen LogP contribution in [0.2, 0.25) is 0 Å². The lowest BCUT2D eigenvalue weighted by atomic mass is 9.99. The van der Waals surface area contributed by atoms with Crippen LogP contribution in [0.4, 0.5) is 4.39 Å². The van der Waals surface area contributed by atoms with Crippen LogP contribution in [0.25, 0.3) is 0 Å². The molecule has 1 aliphatic rings. The molecular weight excluding hydrogens is 255 g/mol. The van der Waals surface area contributed by atoms with E-state index in [0.717, 1.165) is 31.5 Å². The van der Waals surface area contributed by atoms with Crippen LogP contribution in [0.3, 0.4) is 0 Å². The van der Waals surface area contributed by atoms with Crippen LogP contribution in [0.5, 0.6) is 0 Å². The van der Waals surface area contributed by atoms with E-state index in [2.05, 4.69) is 10.6 Å². The highest BCUT2D eigenvalue weighted by molar-refractivity contribution is 5.85. The molecule has 2 rings (SSSR count). The van der Waals surface area contributed by atoms with Crippen LogP contribution in [0.1, 0.15) is 18.4 Å². The highest BCUT2D eigenvalue weighted by Gasteiger charge is 2.20. The molecule has 100 valence electrons. The molecule has 1 fully saturated rings. The molecule has 1 aliphatic heterocycles. The Morgan fingerprint density at radius 2 is 2.33 bits per heavy atom. The number of hydrogen-bond acceptors (Lipinski definition) is 2. The van der Waals surface area contributed by atoms with Gasteiger partial charge in [-0.25, -0.2) is 4.39 Å². The van der Waals surface area contributed by atoms with E-state index in [-0.39, 0.29) is 30.0 Å². The Labute approximate surface area is 113 Å². The van der Waals surface area contributed by atoms with Crippen molar-refractivity contribution in [2.24, 2.45) is 5.92 Å². The van der Waals surface area contributed by atoms with E-state index in [9.17, 15) is 9.18 Å². The average Bonchev–Trinajstić information content (AvgIpc) is 2.37. The third-order valence-corrected chi connectivity index (χ3v) is 3.02. The van der Waals surface area contributed by atoms with Gasteiger partial charge in [-0.3, -0.25) is 4.79 Å². The van der Waals surface area contributed by atoms with Crippen LogP contribution >= 0.6 is 12.4 Å². The molecule has 5 heteroatoms. The first-order valence-electron chi connectivity index (χ1n) is 5.98. The predicted molar refractivity (Wildman–Crippen MR) is 71.1 cm³/mol. The highest BCUT2D eigenvalue weighted by Crippen LogP contribution is 2.10. The Kier molecular flexibility index (Phi) is 6.09. The molecule has 2 N–H and O–H groups in total. The smallest absolute Gasteiger partial charge is 0.224 e. The Hall–Kier alpha value is -1.13. The van der Waals surface area contributed by atoms with E-state index in [1.807, 2.05) is 6.07 Å². The van der Waals surface area contributed by atoms with Crippen LogP contribution in [0.15, 0.2) is 24.3 Å².